The molecule has 1 aliphatic rings. The molecule has 82 valence electrons. The molecule has 3 heteroatoms. The lowest BCUT2D eigenvalue weighted by atomic mass is 10.1. The summed E-state index contributed by atoms with van der Waals surface area (Å²) >= 11 is 0. The van der Waals surface area contributed by atoms with E-state index in [1.54, 1.807) is 6.07 Å². The molecular weight excluding hydrogens is 196 g/mol. The fraction of sp³-hybridized carbons (Fsp3) is 0.500. The molecule has 0 radical (unpaired) electrons. The van der Waals surface area contributed by atoms with E-state index in [2.05, 4.69) is 12.2 Å². The van der Waals surface area contributed by atoms with Crippen LogP contribution in [0.1, 0.15) is 31.9 Å². The SMILES string of the molecule is CC(NC1CC1C)c1ccc(F)c(F)c1. The molecule has 2 rings (SSSR count). The van der Waals surface area contributed by atoms with Crippen molar-refractivity contribution in [1.82, 2.24) is 5.32 Å². The van der Waals surface area contributed by atoms with Gasteiger partial charge in [0.25, 0.3) is 0 Å². The zero-order valence-electron chi connectivity index (χ0n) is 8.93. The number of halogens is 2. The van der Waals surface area contributed by atoms with Gasteiger partial charge in [-0.25, -0.2) is 8.78 Å². The minimum Gasteiger partial charge on any atom is -0.307 e. The van der Waals surface area contributed by atoms with Crippen molar-refractivity contribution < 1.29 is 8.78 Å². The molecule has 1 nitrogen and oxygen atoms in total. The quantitative estimate of drug-likeness (QED) is 0.810. The van der Waals surface area contributed by atoms with Crippen LogP contribution in [0.25, 0.3) is 0 Å². The summed E-state index contributed by atoms with van der Waals surface area (Å²) in [5.74, 6) is -0.853. The summed E-state index contributed by atoms with van der Waals surface area (Å²) < 4.78 is 25.7. The van der Waals surface area contributed by atoms with Crippen molar-refractivity contribution in [2.75, 3.05) is 0 Å². The van der Waals surface area contributed by atoms with Gasteiger partial charge in [0.15, 0.2) is 11.6 Å². The Morgan fingerprint density at radius 2 is 2.00 bits per heavy atom. The monoisotopic (exact) mass is 211 g/mol. The minimum absolute atomic E-state index is 0.0787. The highest BCUT2D eigenvalue weighted by molar-refractivity contribution is 5.21. The fourth-order valence-corrected chi connectivity index (χ4v) is 1.75. The van der Waals surface area contributed by atoms with Crippen LogP contribution in [-0.4, -0.2) is 6.04 Å². The number of benzene rings is 1. The summed E-state index contributed by atoms with van der Waals surface area (Å²) in [6.07, 6.45) is 1.17. The standard InChI is InChI=1S/C12H15F2N/c1-7-5-12(7)15-8(2)9-3-4-10(13)11(14)6-9/h3-4,6-8,12,15H,5H2,1-2H3. The lowest BCUT2D eigenvalue weighted by molar-refractivity contribution is 0.498. The van der Waals surface area contributed by atoms with Gasteiger partial charge >= 0.3 is 0 Å². The Labute approximate surface area is 88.5 Å². The average Bonchev–Trinajstić information content (AvgIpc) is 2.86. The van der Waals surface area contributed by atoms with Gasteiger partial charge in [0.05, 0.1) is 0 Å². The molecule has 0 bridgehead atoms. The van der Waals surface area contributed by atoms with Gasteiger partial charge in [-0.1, -0.05) is 13.0 Å². The number of nitrogens with one attached hydrogen (secondary N) is 1. The van der Waals surface area contributed by atoms with Crippen LogP contribution in [0, 0.1) is 17.6 Å². The molecule has 1 aromatic rings. The zero-order valence-corrected chi connectivity index (χ0v) is 8.93. The lowest BCUT2D eigenvalue weighted by Gasteiger charge is -2.14. The zero-order chi connectivity index (χ0) is 11.0. The molecule has 0 spiro atoms. The van der Waals surface area contributed by atoms with Gasteiger partial charge in [0.2, 0.25) is 0 Å². The molecule has 0 heterocycles. The maximum absolute atomic E-state index is 13.0. The molecule has 3 atom stereocenters. The van der Waals surface area contributed by atoms with Gasteiger partial charge in [-0.15, -0.1) is 0 Å². The highest BCUT2D eigenvalue weighted by atomic mass is 19.2. The van der Waals surface area contributed by atoms with Gasteiger partial charge in [-0.05, 0) is 37.0 Å². The van der Waals surface area contributed by atoms with Crippen molar-refractivity contribution in [1.29, 1.82) is 0 Å². The van der Waals surface area contributed by atoms with Gasteiger partial charge in [-0.3, -0.25) is 0 Å². The first-order valence-electron chi connectivity index (χ1n) is 5.29. The van der Waals surface area contributed by atoms with Crippen molar-refractivity contribution in [3.8, 4) is 0 Å². The maximum Gasteiger partial charge on any atom is 0.159 e. The van der Waals surface area contributed by atoms with Crippen LogP contribution in [-0.2, 0) is 0 Å². The Kier molecular flexibility index (Phi) is 2.74. The van der Waals surface area contributed by atoms with E-state index < -0.39 is 11.6 Å². The molecule has 15 heavy (non-hydrogen) atoms. The number of hydrogen-bond donors (Lipinski definition) is 1. The van der Waals surface area contributed by atoms with Gasteiger partial charge in [0, 0.05) is 12.1 Å². The molecular formula is C12H15F2N. The van der Waals surface area contributed by atoms with E-state index >= 15 is 0 Å². The third-order valence-corrected chi connectivity index (χ3v) is 3.02. The van der Waals surface area contributed by atoms with E-state index in [9.17, 15) is 8.78 Å². The van der Waals surface area contributed by atoms with Gasteiger partial charge in [0.1, 0.15) is 0 Å². The first-order valence-corrected chi connectivity index (χ1v) is 5.29. The largest absolute Gasteiger partial charge is 0.307 e. The van der Waals surface area contributed by atoms with Crippen molar-refractivity contribution in [3.63, 3.8) is 0 Å². The third-order valence-electron chi connectivity index (χ3n) is 3.02. The second-order valence-electron chi connectivity index (χ2n) is 4.38. The van der Waals surface area contributed by atoms with Crippen LogP contribution in [0.4, 0.5) is 8.78 Å². The lowest BCUT2D eigenvalue weighted by Crippen LogP contribution is -2.22. The summed E-state index contributed by atoms with van der Waals surface area (Å²) in [4.78, 5) is 0. The van der Waals surface area contributed by atoms with Crippen LogP contribution in [0.2, 0.25) is 0 Å². The van der Waals surface area contributed by atoms with E-state index in [0.29, 0.717) is 12.0 Å². The third kappa shape index (κ3) is 2.34. The first-order chi connectivity index (χ1) is 7.08. The molecule has 1 N–H and O–H groups in total. The Morgan fingerprint density at radius 3 is 2.53 bits per heavy atom. The van der Waals surface area contributed by atoms with E-state index in [4.69, 9.17) is 0 Å². The molecule has 1 fully saturated rings. The molecule has 1 aromatic carbocycles. The normalized spacial score (nSPS) is 26.4. The van der Waals surface area contributed by atoms with Gasteiger partial charge < -0.3 is 5.32 Å². The second-order valence-corrected chi connectivity index (χ2v) is 4.38. The van der Waals surface area contributed by atoms with Gasteiger partial charge in [-0.2, -0.15) is 0 Å². The van der Waals surface area contributed by atoms with E-state index in [-0.39, 0.29) is 6.04 Å². The highest BCUT2D eigenvalue weighted by Gasteiger charge is 2.33. The summed E-state index contributed by atoms with van der Waals surface area (Å²) in [6.45, 7) is 4.15. The maximum atomic E-state index is 13.0. The van der Waals surface area contributed by atoms with Crippen molar-refractivity contribution in [2.24, 2.45) is 5.92 Å². The predicted molar refractivity (Wildman–Crippen MR) is 55.5 cm³/mol. The smallest absolute Gasteiger partial charge is 0.159 e. The van der Waals surface area contributed by atoms with Crippen LogP contribution in [0.15, 0.2) is 18.2 Å². The Hall–Kier alpha value is -0.960. The number of hydrogen-bond acceptors (Lipinski definition) is 1. The van der Waals surface area contributed by atoms with Crippen LogP contribution in [0.5, 0.6) is 0 Å². The predicted octanol–water partition coefficient (Wildman–Crippen LogP) is 3.02. The molecule has 1 aliphatic carbocycles. The molecule has 0 aromatic heterocycles. The number of rotatable bonds is 3. The van der Waals surface area contributed by atoms with E-state index in [1.807, 2.05) is 6.92 Å². The average molecular weight is 211 g/mol. The second kappa shape index (κ2) is 3.89. The van der Waals surface area contributed by atoms with Crippen molar-refractivity contribution >= 4 is 0 Å². The Balaban J connectivity index is 2.04. The first kappa shape index (κ1) is 10.6. The molecule has 0 aliphatic heterocycles. The fourth-order valence-electron chi connectivity index (χ4n) is 1.75. The van der Waals surface area contributed by atoms with Crippen molar-refractivity contribution in [2.45, 2.75) is 32.4 Å². The topological polar surface area (TPSA) is 12.0 Å². The summed E-state index contributed by atoms with van der Waals surface area (Å²) in [5.41, 5.74) is 0.799. The van der Waals surface area contributed by atoms with Crippen LogP contribution >= 0.6 is 0 Å². The van der Waals surface area contributed by atoms with Crippen molar-refractivity contribution in [3.05, 3.63) is 35.4 Å². The van der Waals surface area contributed by atoms with Crippen LogP contribution in [0.3, 0.4) is 0 Å². The molecule has 0 amide bonds. The van der Waals surface area contributed by atoms with E-state index in [0.717, 1.165) is 5.56 Å². The minimum atomic E-state index is -0.786. The molecule has 1 saturated carbocycles. The van der Waals surface area contributed by atoms with Crippen LogP contribution < -0.4 is 5.32 Å². The summed E-state index contributed by atoms with van der Waals surface area (Å²) in [7, 11) is 0. The Morgan fingerprint density at radius 1 is 1.33 bits per heavy atom. The Bertz CT molecular complexity index is 365. The summed E-state index contributed by atoms with van der Waals surface area (Å²) in [5, 5.41) is 3.38. The molecule has 0 saturated heterocycles. The van der Waals surface area contributed by atoms with E-state index in [1.165, 1.54) is 18.6 Å². The summed E-state index contributed by atoms with van der Waals surface area (Å²) in [6, 6.07) is 4.69. The molecule has 3 unspecified atom stereocenters. The highest BCUT2D eigenvalue weighted by Crippen LogP contribution is 2.31.